The molecule has 1 aromatic carbocycles. The average molecular weight is 352 g/mol. The van der Waals surface area contributed by atoms with Crippen molar-refractivity contribution in [2.24, 2.45) is 0 Å². The van der Waals surface area contributed by atoms with Gasteiger partial charge in [0.1, 0.15) is 18.0 Å². The molecule has 3 aromatic heterocycles. The number of nitrogens with one attached hydrogen (secondary N) is 1. The van der Waals surface area contributed by atoms with Crippen LogP contribution in [0.1, 0.15) is 16.2 Å². The number of benzene rings is 1. The maximum atomic E-state index is 13.6. The smallest absolute Gasteiger partial charge is 0.253 e. The fourth-order valence-corrected chi connectivity index (χ4v) is 2.61. The Bertz CT molecular complexity index is 1060. The van der Waals surface area contributed by atoms with Gasteiger partial charge in [-0.25, -0.2) is 4.39 Å². The zero-order chi connectivity index (χ0) is 17.9. The van der Waals surface area contributed by atoms with Crippen LogP contribution >= 0.6 is 0 Å². The van der Waals surface area contributed by atoms with Crippen LogP contribution in [-0.2, 0) is 6.42 Å². The molecule has 0 saturated carbocycles. The summed E-state index contributed by atoms with van der Waals surface area (Å²) in [5.41, 5.74) is 1.27. The van der Waals surface area contributed by atoms with Gasteiger partial charge in [0.05, 0.1) is 11.3 Å². The number of amides is 1. The summed E-state index contributed by atoms with van der Waals surface area (Å²) < 4.78 is 16.8. The fraction of sp³-hybridized carbons (Fsp3) is 0.125. The van der Waals surface area contributed by atoms with Crippen LogP contribution in [0, 0.1) is 5.82 Å². The zero-order valence-electron chi connectivity index (χ0n) is 13.4. The molecular formula is C16H13FN8O. The molecule has 0 radical (unpaired) electrons. The molecule has 0 fully saturated rings. The number of rotatable bonds is 5. The Hall–Kier alpha value is -3.69. The Morgan fingerprint density at radius 2 is 2.12 bits per heavy atom. The lowest BCUT2D eigenvalue weighted by molar-refractivity contribution is 0.0953. The molecule has 0 aliphatic rings. The first-order chi connectivity index (χ1) is 12.7. The van der Waals surface area contributed by atoms with E-state index in [4.69, 9.17) is 0 Å². The van der Waals surface area contributed by atoms with E-state index in [1.165, 1.54) is 23.1 Å². The second-order valence-corrected chi connectivity index (χ2v) is 5.47. The van der Waals surface area contributed by atoms with Crippen molar-refractivity contribution in [1.82, 2.24) is 40.1 Å². The van der Waals surface area contributed by atoms with Crippen molar-refractivity contribution in [3.05, 3.63) is 66.1 Å². The highest BCUT2D eigenvalue weighted by Gasteiger charge is 2.15. The molecule has 0 spiro atoms. The lowest BCUT2D eigenvalue weighted by Crippen LogP contribution is -2.27. The standard InChI is InChI=1S/C16H13FN8O/c17-11-4-5-13(25-10-19-22-23-25)12(9-11)16(26)18-7-6-15-21-20-14-3-1-2-8-24(14)15/h1-5,8-10H,6-7H2,(H,18,26). The van der Waals surface area contributed by atoms with Gasteiger partial charge in [0.15, 0.2) is 5.65 Å². The summed E-state index contributed by atoms with van der Waals surface area (Å²) in [4.78, 5) is 12.5. The number of halogens is 1. The molecule has 0 saturated heterocycles. The van der Waals surface area contributed by atoms with Crippen LogP contribution < -0.4 is 5.32 Å². The molecule has 0 aliphatic carbocycles. The minimum Gasteiger partial charge on any atom is -0.352 e. The zero-order valence-corrected chi connectivity index (χ0v) is 13.4. The van der Waals surface area contributed by atoms with Crippen LogP contribution in [0.15, 0.2) is 48.9 Å². The molecule has 4 aromatic rings. The maximum Gasteiger partial charge on any atom is 0.253 e. The number of hydrogen-bond acceptors (Lipinski definition) is 6. The first kappa shape index (κ1) is 15.8. The van der Waals surface area contributed by atoms with Gasteiger partial charge in [0, 0.05) is 19.2 Å². The fourth-order valence-electron chi connectivity index (χ4n) is 2.61. The molecule has 0 unspecified atom stereocenters. The van der Waals surface area contributed by atoms with Gasteiger partial charge in [-0.15, -0.1) is 15.3 Å². The van der Waals surface area contributed by atoms with E-state index in [1.807, 2.05) is 28.8 Å². The van der Waals surface area contributed by atoms with Gasteiger partial charge in [0.2, 0.25) is 0 Å². The quantitative estimate of drug-likeness (QED) is 0.570. The maximum absolute atomic E-state index is 13.6. The van der Waals surface area contributed by atoms with E-state index in [1.54, 1.807) is 0 Å². The lowest BCUT2D eigenvalue weighted by Gasteiger charge is -2.09. The van der Waals surface area contributed by atoms with Crippen molar-refractivity contribution in [2.45, 2.75) is 6.42 Å². The van der Waals surface area contributed by atoms with E-state index in [-0.39, 0.29) is 5.56 Å². The summed E-state index contributed by atoms with van der Waals surface area (Å²) in [6, 6.07) is 9.45. The molecular weight excluding hydrogens is 339 g/mol. The number of hydrogen-bond donors (Lipinski definition) is 1. The van der Waals surface area contributed by atoms with Gasteiger partial charge < -0.3 is 5.32 Å². The van der Waals surface area contributed by atoms with E-state index >= 15 is 0 Å². The SMILES string of the molecule is O=C(NCCc1nnc2ccccn12)c1cc(F)ccc1-n1cnnn1. The summed E-state index contributed by atoms with van der Waals surface area (Å²) in [5.74, 6) is -0.222. The number of fused-ring (bicyclic) bond motifs is 1. The van der Waals surface area contributed by atoms with E-state index < -0.39 is 11.7 Å². The molecule has 26 heavy (non-hydrogen) atoms. The summed E-state index contributed by atoms with van der Waals surface area (Å²) in [5, 5.41) is 21.7. The van der Waals surface area contributed by atoms with E-state index in [0.717, 1.165) is 17.5 Å². The van der Waals surface area contributed by atoms with Gasteiger partial charge in [0.25, 0.3) is 5.91 Å². The summed E-state index contributed by atoms with van der Waals surface area (Å²) >= 11 is 0. The molecule has 130 valence electrons. The molecule has 1 N–H and O–H groups in total. The third kappa shape index (κ3) is 2.99. The molecule has 3 heterocycles. The van der Waals surface area contributed by atoms with Gasteiger partial charge in [-0.1, -0.05) is 6.07 Å². The van der Waals surface area contributed by atoms with Gasteiger partial charge in [-0.05, 0) is 40.8 Å². The van der Waals surface area contributed by atoms with Crippen LogP contribution in [0.2, 0.25) is 0 Å². The molecule has 9 nitrogen and oxygen atoms in total. The number of pyridine rings is 1. The predicted octanol–water partition coefficient (Wildman–Crippen LogP) is 0.817. The highest BCUT2D eigenvalue weighted by Crippen LogP contribution is 2.15. The first-order valence-corrected chi connectivity index (χ1v) is 7.82. The number of carbonyl (C=O) groups is 1. The van der Waals surface area contributed by atoms with Crippen LogP contribution in [0.4, 0.5) is 4.39 Å². The highest BCUT2D eigenvalue weighted by atomic mass is 19.1. The van der Waals surface area contributed by atoms with Crippen molar-refractivity contribution in [3.8, 4) is 5.69 Å². The van der Waals surface area contributed by atoms with Crippen molar-refractivity contribution in [1.29, 1.82) is 0 Å². The molecule has 0 bridgehead atoms. The van der Waals surface area contributed by atoms with Gasteiger partial charge in [-0.3, -0.25) is 9.20 Å². The van der Waals surface area contributed by atoms with E-state index in [9.17, 15) is 9.18 Å². The minimum absolute atomic E-state index is 0.142. The van der Waals surface area contributed by atoms with E-state index in [2.05, 4.69) is 31.0 Å². The molecule has 10 heteroatoms. The Balaban J connectivity index is 1.49. The molecule has 1 amide bonds. The van der Waals surface area contributed by atoms with Gasteiger partial charge >= 0.3 is 0 Å². The second-order valence-electron chi connectivity index (χ2n) is 5.47. The number of carbonyl (C=O) groups excluding carboxylic acids is 1. The summed E-state index contributed by atoms with van der Waals surface area (Å²) in [7, 11) is 0. The topological polar surface area (TPSA) is 103 Å². The third-order valence-corrected chi connectivity index (χ3v) is 3.82. The minimum atomic E-state index is -0.518. The first-order valence-electron chi connectivity index (χ1n) is 7.82. The Morgan fingerprint density at radius 3 is 2.96 bits per heavy atom. The lowest BCUT2D eigenvalue weighted by atomic mass is 10.1. The second kappa shape index (κ2) is 6.67. The number of aromatic nitrogens is 7. The summed E-state index contributed by atoms with van der Waals surface area (Å²) in [6.45, 7) is 0.320. The van der Waals surface area contributed by atoms with Crippen LogP contribution in [-0.4, -0.2) is 47.3 Å². The largest absolute Gasteiger partial charge is 0.352 e. The van der Waals surface area contributed by atoms with Crippen molar-refractivity contribution in [3.63, 3.8) is 0 Å². The average Bonchev–Trinajstić information content (AvgIpc) is 3.32. The van der Waals surface area contributed by atoms with Gasteiger partial charge in [-0.2, -0.15) is 4.68 Å². The van der Waals surface area contributed by atoms with Crippen LogP contribution in [0.5, 0.6) is 0 Å². The molecule has 4 rings (SSSR count). The number of tetrazole rings is 1. The van der Waals surface area contributed by atoms with Crippen molar-refractivity contribution < 1.29 is 9.18 Å². The Labute approximate surface area is 146 Å². The van der Waals surface area contributed by atoms with Crippen LogP contribution in [0.3, 0.4) is 0 Å². The third-order valence-electron chi connectivity index (χ3n) is 3.82. The van der Waals surface area contributed by atoms with Crippen molar-refractivity contribution in [2.75, 3.05) is 6.54 Å². The van der Waals surface area contributed by atoms with Crippen molar-refractivity contribution >= 4 is 11.6 Å². The normalized spacial score (nSPS) is 11.0. The molecule has 0 atom stereocenters. The predicted molar refractivity (Wildman–Crippen MR) is 88.1 cm³/mol. The Kier molecular flexibility index (Phi) is 4.06. The van der Waals surface area contributed by atoms with E-state index in [0.29, 0.717) is 18.7 Å². The number of nitrogens with zero attached hydrogens (tertiary/aromatic N) is 7. The van der Waals surface area contributed by atoms with Crippen LogP contribution in [0.25, 0.3) is 11.3 Å². The summed E-state index contributed by atoms with van der Waals surface area (Å²) in [6.07, 6.45) is 3.67. The monoisotopic (exact) mass is 352 g/mol. The molecule has 0 aliphatic heterocycles. The Morgan fingerprint density at radius 1 is 1.19 bits per heavy atom. The highest BCUT2D eigenvalue weighted by molar-refractivity contribution is 5.97.